The number of nitrogen functional groups attached to an aromatic ring is 1. The van der Waals surface area contributed by atoms with Gasteiger partial charge < -0.3 is 15.5 Å². The summed E-state index contributed by atoms with van der Waals surface area (Å²) in [5.74, 6) is 0.472. The van der Waals surface area contributed by atoms with E-state index in [1.807, 2.05) is 23.1 Å². The summed E-state index contributed by atoms with van der Waals surface area (Å²) in [5.41, 5.74) is 7.06. The summed E-state index contributed by atoms with van der Waals surface area (Å²) in [6.45, 7) is 2.65. The van der Waals surface area contributed by atoms with Crippen molar-refractivity contribution in [2.75, 3.05) is 31.9 Å². The predicted octanol–water partition coefficient (Wildman–Crippen LogP) is 2.36. The standard InChI is InChI=1S/C22H26N4O2/c23-19-15-18(7-11-24-19)20(27)26-14-10-22(16-26)9-4-12-25(21(22)28)13-8-17-5-2-1-3-6-17/h1-3,5-7,11,15H,4,8-10,12-14,16H2,(H2,23,24). The maximum atomic E-state index is 13.3. The molecule has 2 aromatic rings. The number of piperidine rings is 1. The molecule has 2 aliphatic heterocycles. The van der Waals surface area contributed by atoms with E-state index in [9.17, 15) is 9.59 Å². The Bertz CT molecular complexity index is 870. The van der Waals surface area contributed by atoms with Gasteiger partial charge in [0, 0.05) is 37.9 Å². The van der Waals surface area contributed by atoms with Crippen LogP contribution in [-0.4, -0.2) is 52.8 Å². The van der Waals surface area contributed by atoms with Gasteiger partial charge in [-0.05, 0) is 43.4 Å². The quantitative estimate of drug-likeness (QED) is 0.886. The molecule has 2 aliphatic rings. The molecule has 0 bridgehead atoms. The van der Waals surface area contributed by atoms with Crippen LogP contribution >= 0.6 is 0 Å². The molecule has 28 heavy (non-hydrogen) atoms. The van der Waals surface area contributed by atoms with Gasteiger partial charge in [-0.2, -0.15) is 0 Å². The van der Waals surface area contributed by atoms with E-state index in [1.165, 1.54) is 5.56 Å². The van der Waals surface area contributed by atoms with E-state index in [-0.39, 0.29) is 11.8 Å². The molecule has 6 nitrogen and oxygen atoms in total. The van der Waals surface area contributed by atoms with Crippen molar-refractivity contribution in [1.82, 2.24) is 14.8 Å². The minimum absolute atomic E-state index is 0.0693. The molecule has 1 aromatic carbocycles. The fourth-order valence-corrected chi connectivity index (χ4v) is 4.46. The maximum absolute atomic E-state index is 13.3. The van der Waals surface area contributed by atoms with Gasteiger partial charge in [0.1, 0.15) is 5.82 Å². The highest BCUT2D eigenvalue weighted by Gasteiger charge is 2.49. The number of aromatic nitrogens is 1. The van der Waals surface area contributed by atoms with E-state index in [0.717, 1.165) is 38.8 Å². The fraction of sp³-hybridized carbons (Fsp3) is 0.409. The average molecular weight is 378 g/mol. The molecule has 2 N–H and O–H groups in total. The third-order valence-electron chi connectivity index (χ3n) is 6.01. The zero-order chi connectivity index (χ0) is 19.6. The van der Waals surface area contributed by atoms with Gasteiger partial charge in [0.2, 0.25) is 5.91 Å². The van der Waals surface area contributed by atoms with Crippen LogP contribution in [-0.2, 0) is 11.2 Å². The molecule has 2 amide bonds. The van der Waals surface area contributed by atoms with Crippen LogP contribution in [0.1, 0.15) is 35.2 Å². The number of nitrogens with zero attached hydrogens (tertiary/aromatic N) is 3. The zero-order valence-corrected chi connectivity index (χ0v) is 16.0. The summed E-state index contributed by atoms with van der Waals surface area (Å²) < 4.78 is 0. The van der Waals surface area contributed by atoms with Crippen molar-refractivity contribution in [3.8, 4) is 0 Å². The highest BCUT2D eigenvalue weighted by atomic mass is 16.2. The third kappa shape index (κ3) is 3.59. The van der Waals surface area contributed by atoms with Crippen LogP contribution in [0.25, 0.3) is 0 Å². The normalized spacial score (nSPS) is 22.1. The van der Waals surface area contributed by atoms with Gasteiger partial charge in [-0.1, -0.05) is 30.3 Å². The Balaban J connectivity index is 1.43. The van der Waals surface area contributed by atoms with Gasteiger partial charge in [0.15, 0.2) is 0 Å². The molecule has 146 valence electrons. The molecule has 2 saturated heterocycles. The van der Waals surface area contributed by atoms with E-state index < -0.39 is 5.41 Å². The van der Waals surface area contributed by atoms with Crippen LogP contribution in [0, 0.1) is 5.41 Å². The number of hydrogen-bond donors (Lipinski definition) is 1. The summed E-state index contributed by atoms with van der Waals surface area (Å²) in [6, 6.07) is 13.5. The highest BCUT2D eigenvalue weighted by Crippen LogP contribution is 2.40. The van der Waals surface area contributed by atoms with Gasteiger partial charge in [-0.3, -0.25) is 9.59 Å². The topological polar surface area (TPSA) is 79.5 Å². The second-order valence-electron chi connectivity index (χ2n) is 7.86. The summed E-state index contributed by atoms with van der Waals surface area (Å²) in [7, 11) is 0. The zero-order valence-electron chi connectivity index (χ0n) is 16.0. The Morgan fingerprint density at radius 3 is 2.75 bits per heavy atom. The number of benzene rings is 1. The lowest BCUT2D eigenvalue weighted by Gasteiger charge is -2.39. The smallest absolute Gasteiger partial charge is 0.254 e. The molecule has 4 rings (SSSR count). The van der Waals surface area contributed by atoms with Crippen molar-refractivity contribution in [1.29, 1.82) is 0 Å². The maximum Gasteiger partial charge on any atom is 0.254 e. The number of pyridine rings is 1. The Morgan fingerprint density at radius 1 is 1.14 bits per heavy atom. The van der Waals surface area contributed by atoms with Crippen molar-refractivity contribution in [3.05, 3.63) is 59.8 Å². The van der Waals surface area contributed by atoms with Crippen LogP contribution in [0.2, 0.25) is 0 Å². The second kappa shape index (κ2) is 7.62. The van der Waals surface area contributed by atoms with Gasteiger partial charge in [0.25, 0.3) is 5.91 Å². The van der Waals surface area contributed by atoms with Gasteiger partial charge in [-0.25, -0.2) is 4.98 Å². The molecule has 3 heterocycles. The van der Waals surface area contributed by atoms with E-state index in [0.29, 0.717) is 24.5 Å². The summed E-state index contributed by atoms with van der Waals surface area (Å²) in [5, 5.41) is 0. The van der Waals surface area contributed by atoms with Gasteiger partial charge in [0.05, 0.1) is 5.41 Å². The SMILES string of the molecule is Nc1cc(C(=O)N2CCC3(CCCN(CCc4ccccc4)C3=O)C2)ccn1. The monoisotopic (exact) mass is 378 g/mol. The number of nitrogens with two attached hydrogens (primary N) is 1. The van der Waals surface area contributed by atoms with Crippen LogP contribution in [0.15, 0.2) is 48.7 Å². The molecule has 0 aliphatic carbocycles. The molecule has 1 atom stereocenters. The number of amides is 2. The molecule has 0 saturated carbocycles. The molecule has 1 spiro atoms. The van der Waals surface area contributed by atoms with Crippen LogP contribution in [0.3, 0.4) is 0 Å². The highest BCUT2D eigenvalue weighted by molar-refractivity contribution is 5.96. The van der Waals surface area contributed by atoms with E-state index in [4.69, 9.17) is 5.73 Å². The number of likely N-dealkylation sites (tertiary alicyclic amines) is 2. The molecular formula is C22H26N4O2. The van der Waals surface area contributed by atoms with Crippen LogP contribution in [0.4, 0.5) is 5.82 Å². The molecule has 0 radical (unpaired) electrons. The lowest BCUT2D eigenvalue weighted by molar-refractivity contribution is -0.145. The van der Waals surface area contributed by atoms with Gasteiger partial charge in [-0.15, -0.1) is 0 Å². The number of hydrogen-bond acceptors (Lipinski definition) is 4. The Hall–Kier alpha value is -2.89. The first kappa shape index (κ1) is 18.5. The minimum Gasteiger partial charge on any atom is -0.384 e. The average Bonchev–Trinajstić information content (AvgIpc) is 3.14. The first-order chi connectivity index (χ1) is 13.6. The van der Waals surface area contributed by atoms with Gasteiger partial charge >= 0.3 is 0 Å². The minimum atomic E-state index is -0.427. The Kier molecular flexibility index (Phi) is 5.03. The number of carbonyl (C=O) groups is 2. The lowest BCUT2D eigenvalue weighted by atomic mass is 9.78. The summed E-state index contributed by atoms with van der Waals surface area (Å²) >= 11 is 0. The molecule has 6 heteroatoms. The molecule has 2 fully saturated rings. The van der Waals surface area contributed by atoms with Crippen molar-refractivity contribution in [2.24, 2.45) is 5.41 Å². The number of rotatable bonds is 4. The van der Waals surface area contributed by atoms with Crippen molar-refractivity contribution in [3.63, 3.8) is 0 Å². The number of carbonyl (C=O) groups excluding carboxylic acids is 2. The lowest BCUT2D eigenvalue weighted by Crippen LogP contribution is -2.50. The van der Waals surface area contributed by atoms with Crippen molar-refractivity contribution < 1.29 is 9.59 Å². The third-order valence-corrected chi connectivity index (χ3v) is 6.01. The van der Waals surface area contributed by atoms with Crippen LogP contribution in [0.5, 0.6) is 0 Å². The Morgan fingerprint density at radius 2 is 1.96 bits per heavy atom. The molecule has 1 unspecified atom stereocenters. The van der Waals surface area contributed by atoms with Crippen molar-refractivity contribution in [2.45, 2.75) is 25.7 Å². The number of anilines is 1. The van der Waals surface area contributed by atoms with Crippen molar-refractivity contribution >= 4 is 17.6 Å². The van der Waals surface area contributed by atoms with E-state index >= 15 is 0 Å². The second-order valence-corrected chi connectivity index (χ2v) is 7.86. The van der Waals surface area contributed by atoms with Crippen LogP contribution < -0.4 is 5.73 Å². The Labute approximate surface area is 165 Å². The fourth-order valence-electron chi connectivity index (χ4n) is 4.46. The van der Waals surface area contributed by atoms with E-state index in [2.05, 4.69) is 17.1 Å². The van der Waals surface area contributed by atoms with E-state index in [1.54, 1.807) is 23.2 Å². The first-order valence-electron chi connectivity index (χ1n) is 9.92. The first-order valence-corrected chi connectivity index (χ1v) is 9.92. The predicted molar refractivity (Wildman–Crippen MR) is 108 cm³/mol. The molecular weight excluding hydrogens is 352 g/mol. The summed E-state index contributed by atoms with van der Waals surface area (Å²) in [4.78, 5) is 33.9. The largest absolute Gasteiger partial charge is 0.384 e. The molecule has 1 aromatic heterocycles. The summed E-state index contributed by atoms with van der Waals surface area (Å²) in [6.07, 6.45) is 4.99.